The molecule has 0 aliphatic heterocycles. The van der Waals surface area contributed by atoms with Gasteiger partial charge in [-0.05, 0) is 30.2 Å². The summed E-state index contributed by atoms with van der Waals surface area (Å²) in [7, 11) is -4.44. The van der Waals surface area contributed by atoms with Crippen molar-refractivity contribution in [2.24, 2.45) is 0 Å². The average molecular weight is 373 g/mol. The van der Waals surface area contributed by atoms with Crippen LogP contribution < -0.4 is 4.72 Å². The fourth-order valence-corrected chi connectivity index (χ4v) is 3.36. The average Bonchev–Trinajstić information content (AvgIpc) is 2.54. The second-order valence-electron chi connectivity index (χ2n) is 5.23. The molecule has 0 bridgehead atoms. The van der Waals surface area contributed by atoms with Gasteiger partial charge in [-0.1, -0.05) is 36.4 Å². The summed E-state index contributed by atoms with van der Waals surface area (Å²) in [4.78, 5) is 10.7. The number of carbonyl (C=O) groups is 1. The number of sulfonamides is 1. The van der Waals surface area contributed by atoms with E-state index >= 15 is 0 Å². The highest BCUT2D eigenvalue weighted by Gasteiger charge is 2.32. The summed E-state index contributed by atoms with van der Waals surface area (Å²) in [6.45, 7) is 0. The van der Waals surface area contributed by atoms with E-state index in [1.807, 2.05) is 4.72 Å². The summed E-state index contributed by atoms with van der Waals surface area (Å²) in [6, 6.07) is 9.88. The molecule has 0 unspecified atom stereocenters. The molecule has 0 saturated carbocycles. The second kappa shape index (κ2) is 7.24. The Labute approximate surface area is 142 Å². The van der Waals surface area contributed by atoms with Gasteiger partial charge < -0.3 is 5.11 Å². The number of benzene rings is 2. The van der Waals surface area contributed by atoms with Crippen LogP contribution in [0.2, 0.25) is 0 Å². The van der Waals surface area contributed by atoms with Crippen LogP contribution in [0, 0.1) is 0 Å². The molecule has 9 heteroatoms. The lowest BCUT2D eigenvalue weighted by Gasteiger charge is -2.16. The fraction of sp³-hybridized carbons (Fsp3) is 0.188. The highest BCUT2D eigenvalue weighted by molar-refractivity contribution is 7.89. The third kappa shape index (κ3) is 5.04. The number of hydrogen-bond donors (Lipinski definition) is 2. The first-order chi connectivity index (χ1) is 11.6. The summed E-state index contributed by atoms with van der Waals surface area (Å²) in [5, 5.41) is 9.22. The van der Waals surface area contributed by atoms with Crippen molar-refractivity contribution >= 4 is 16.0 Å². The lowest BCUT2D eigenvalue weighted by Crippen LogP contribution is -2.42. The van der Waals surface area contributed by atoms with E-state index in [1.54, 1.807) is 30.3 Å². The van der Waals surface area contributed by atoms with Crippen molar-refractivity contribution < 1.29 is 31.5 Å². The van der Waals surface area contributed by atoms with E-state index in [0.717, 1.165) is 18.2 Å². The SMILES string of the molecule is O=C(O)[C@H](Cc1ccccc1)NS(=O)(=O)c1cccc(C(F)(F)F)c1. The lowest BCUT2D eigenvalue weighted by molar-refractivity contribution is -0.139. The molecule has 2 aromatic carbocycles. The van der Waals surface area contributed by atoms with Crippen molar-refractivity contribution in [3.05, 3.63) is 65.7 Å². The Kier molecular flexibility index (Phi) is 5.48. The molecule has 134 valence electrons. The van der Waals surface area contributed by atoms with Gasteiger partial charge in [-0.25, -0.2) is 8.42 Å². The lowest BCUT2D eigenvalue weighted by atomic mass is 10.1. The first kappa shape index (κ1) is 18.9. The zero-order chi connectivity index (χ0) is 18.7. The molecule has 0 aliphatic rings. The number of halogens is 3. The minimum absolute atomic E-state index is 0.144. The fourth-order valence-electron chi connectivity index (χ4n) is 2.12. The zero-order valence-electron chi connectivity index (χ0n) is 12.7. The minimum atomic E-state index is -4.71. The van der Waals surface area contributed by atoms with E-state index in [9.17, 15) is 31.5 Å². The van der Waals surface area contributed by atoms with Crippen LogP contribution in [-0.4, -0.2) is 25.5 Å². The number of carboxylic acids is 1. The Hall–Kier alpha value is -2.39. The van der Waals surface area contributed by atoms with Gasteiger partial charge in [0.1, 0.15) is 6.04 Å². The van der Waals surface area contributed by atoms with E-state index in [-0.39, 0.29) is 6.42 Å². The largest absolute Gasteiger partial charge is 0.480 e. The predicted octanol–water partition coefficient (Wildman–Crippen LogP) is 2.68. The van der Waals surface area contributed by atoms with Crippen LogP contribution >= 0.6 is 0 Å². The van der Waals surface area contributed by atoms with Crippen LogP contribution in [0.3, 0.4) is 0 Å². The molecule has 0 amide bonds. The predicted molar refractivity (Wildman–Crippen MR) is 83.3 cm³/mol. The highest BCUT2D eigenvalue weighted by atomic mass is 32.2. The summed E-state index contributed by atoms with van der Waals surface area (Å²) < 4.78 is 64.7. The number of carboxylic acid groups (broad SMARTS) is 1. The summed E-state index contributed by atoms with van der Waals surface area (Å²) in [6.07, 6.45) is -4.85. The number of hydrogen-bond acceptors (Lipinski definition) is 3. The van der Waals surface area contributed by atoms with Crippen molar-refractivity contribution in [3.8, 4) is 0 Å². The quantitative estimate of drug-likeness (QED) is 0.816. The summed E-state index contributed by atoms with van der Waals surface area (Å²) in [5.74, 6) is -1.43. The highest BCUT2D eigenvalue weighted by Crippen LogP contribution is 2.30. The molecule has 2 rings (SSSR count). The van der Waals surface area contributed by atoms with Crippen molar-refractivity contribution in [3.63, 3.8) is 0 Å². The van der Waals surface area contributed by atoms with Crippen LogP contribution in [0.15, 0.2) is 59.5 Å². The monoisotopic (exact) mass is 373 g/mol. The molecule has 2 N–H and O–H groups in total. The van der Waals surface area contributed by atoms with Crippen LogP contribution in [0.5, 0.6) is 0 Å². The van der Waals surface area contributed by atoms with Crippen molar-refractivity contribution in [1.29, 1.82) is 0 Å². The summed E-state index contributed by atoms with van der Waals surface area (Å²) >= 11 is 0. The van der Waals surface area contributed by atoms with Crippen LogP contribution in [-0.2, 0) is 27.4 Å². The standard InChI is InChI=1S/C16H14F3NO4S/c17-16(18,19)12-7-4-8-13(10-12)25(23,24)20-14(15(21)22)9-11-5-2-1-3-6-11/h1-8,10,14,20H,9H2,(H,21,22)/t14-/m0/s1. The van der Waals surface area contributed by atoms with Crippen molar-refractivity contribution in [1.82, 2.24) is 4.72 Å². The van der Waals surface area contributed by atoms with E-state index < -0.39 is 38.7 Å². The van der Waals surface area contributed by atoms with Gasteiger partial charge in [0.15, 0.2) is 0 Å². The second-order valence-corrected chi connectivity index (χ2v) is 6.94. The molecule has 1 atom stereocenters. The van der Waals surface area contributed by atoms with Crippen LogP contribution in [0.1, 0.15) is 11.1 Å². The van der Waals surface area contributed by atoms with Gasteiger partial charge in [0.2, 0.25) is 10.0 Å². The van der Waals surface area contributed by atoms with Gasteiger partial charge in [0.05, 0.1) is 10.5 Å². The molecule has 0 spiro atoms. The molecule has 25 heavy (non-hydrogen) atoms. The maximum Gasteiger partial charge on any atom is 0.416 e. The van der Waals surface area contributed by atoms with Crippen molar-refractivity contribution in [2.45, 2.75) is 23.5 Å². The number of rotatable bonds is 6. The Bertz CT molecular complexity index is 851. The van der Waals surface area contributed by atoms with E-state index in [2.05, 4.69) is 0 Å². The van der Waals surface area contributed by atoms with Gasteiger partial charge in [0.25, 0.3) is 0 Å². The third-order valence-corrected chi connectivity index (χ3v) is 4.82. The van der Waals surface area contributed by atoms with Gasteiger partial charge in [-0.2, -0.15) is 17.9 Å². The number of alkyl halides is 3. The van der Waals surface area contributed by atoms with Crippen LogP contribution in [0.4, 0.5) is 13.2 Å². The molecular formula is C16H14F3NO4S. The first-order valence-corrected chi connectivity index (χ1v) is 8.54. The first-order valence-electron chi connectivity index (χ1n) is 7.06. The molecule has 2 aromatic rings. The maximum absolute atomic E-state index is 12.7. The number of nitrogens with one attached hydrogen (secondary N) is 1. The molecular weight excluding hydrogens is 359 g/mol. The molecule has 0 fully saturated rings. The topological polar surface area (TPSA) is 83.5 Å². The zero-order valence-corrected chi connectivity index (χ0v) is 13.5. The molecule has 0 saturated heterocycles. The molecule has 0 radical (unpaired) electrons. The molecule has 0 aliphatic carbocycles. The molecule has 0 aromatic heterocycles. The molecule has 0 heterocycles. The van der Waals surface area contributed by atoms with Crippen LogP contribution in [0.25, 0.3) is 0 Å². The van der Waals surface area contributed by atoms with E-state index in [0.29, 0.717) is 11.6 Å². The van der Waals surface area contributed by atoms with Gasteiger partial charge in [-0.3, -0.25) is 4.79 Å². The van der Waals surface area contributed by atoms with E-state index in [4.69, 9.17) is 0 Å². The minimum Gasteiger partial charge on any atom is -0.480 e. The Morgan fingerprint density at radius 1 is 1.08 bits per heavy atom. The third-order valence-electron chi connectivity index (χ3n) is 3.35. The molecule has 5 nitrogen and oxygen atoms in total. The van der Waals surface area contributed by atoms with Gasteiger partial charge in [0, 0.05) is 0 Å². The van der Waals surface area contributed by atoms with Crippen molar-refractivity contribution in [2.75, 3.05) is 0 Å². The summed E-state index contributed by atoms with van der Waals surface area (Å²) in [5.41, 5.74) is -0.563. The Morgan fingerprint density at radius 2 is 1.72 bits per heavy atom. The Balaban J connectivity index is 2.27. The smallest absolute Gasteiger partial charge is 0.416 e. The Morgan fingerprint density at radius 3 is 2.28 bits per heavy atom. The number of aliphatic carboxylic acids is 1. The van der Waals surface area contributed by atoms with Gasteiger partial charge >= 0.3 is 12.1 Å². The van der Waals surface area contributed by atoms with Gasteiger partial charge in [-0.15, -0.1) is 0 Å². The normalized spacial score (nSPS) is 13.4. The van der Waals surface area contributed by atoms with E-state index in [1.165, 1.54) is 0 Å². The maximum atomic E-state index is 12.7.